The molecular weight excluding hydrogens is 746 g/mol. The molecule has 0 unspecified atom stereocenters. The minimum atomic E-state index is -3.64. The predicted molar refractivity (Wildman–Crippen MR) is 184 cm³/mol. The Labute approximate surface area is 278 Å². The number of rotatable bonds is 16. The van der Waals surface area contributed by atoms with Crippen LogP contribution in [0.4, 0.5) is 17.1 Å². The number of carbonyl (C=O) groups excluding carboxylic acids is 1. The molecular formula is C30H39N6O5S2Se2+. The van der Waals surface area contributed by atoms with Crippen molar-refractivity contribution in [3.63, 3.8) is 0 Å². The molecule has 4 rings (SSSR count). The van der Waals surface area contributed by atoms with Gasteiger partial charge in [0.15, 0.2) is 0 Å². The zero-order valence-corrected chi connectivity index (χ0v) is 30.7. The molecule has 15 heteroatoms. The number of fused-ring (bicyclic) bond motifs is 2. The molecule has 0 saturated heterocycles. The van der Waals surface area contributed by atoms with E-state index in [9.17, 15) is 21.6 Å². The van der Waals surface area contributed by atoms with E-state index in [4.69, 9.17) is 0 Å². The third-order valence-electron chi connectivity index (χ3n) is 6.85. The van der Waals surface area contributed by atoms with Crippen molar-refractivity contribution in [2.24, 2.45) is 7.05 Å². The van der Waals surface area contributed by atoms with Crippen LogP contribution in [0.2, 0.25) is 0 Å². The average molecular weight is 786 g/mol. The second kappa shape index (κ2) is 15.7. The van der Waals surface area contributed by atoms with Gasteiger partial charge in [-0.25, -0.2) is 0 Å². The van der Waals surface area contributed by atoms with Crippen LogP contribution >= 0.6 is 0 Å². The van der Waals surface area contributed by atoms with Gasteiger partial charge >= 0.3 is 280 Å². The number of hydrogen-bond acceptors (Lipinski definition) is 6. The second-order valence-electron chi connectivity index (χ2n) is 10.4. The van der Waals surface area contributed by atoms with Gasteiger partial charge in [-0.15, -0.1) is 0 Å². The van der Waals surface area contributed by atoms with E-state index in [-0.39, 0.29) is 29.5 Å². The van der Waals surface area contributed by atoms with Crippen molar-refractivity contribution >= 4 is 93.5 Å². The fraction of sp³-hybridized carbons (Fsp3) is 0.333. The first-order valence-corrected chi connectivity index (χ1v) is 20.9. The van der Waals surface area contributed by atoms with E-state index in [1.165, 1.54) is 0 Å². The summed E-state index contributed by atoms with van der Waals surface area (Å²) in [5, 5.41) is 0. The van der Waals surface area contributed by atoms with Gasteiger partial charge in [-0.1, -0.05) is 0 Å². The van der Waals surface area contributed by atoms with Gasteiger partial charge in [0.25, 0.3) is 0 Å². The van der Waals surface area contributed by atoms with Crippen LogP contribution in [0.5, 0.6) is 0 Å². The summed E-state index contributed by atoms with van der Waals surface area (Å²) in [5.74, 6) is 0. The van der Waals surface area contributed by atoms with Gasteiger partial charge in [-0.2, -0.15) is 0 Å². The minimum absolute atomic E-state index is 0.0781. The summed E-state index contributed by atoms with van der Waals surface area (Å²) in [5.41, 5.74) is 3.53. The topological polar surface area (TPSA) is 141 Å². The number of anilines is 3. The Balaban J connectivity index is 1.46. The van der Waals surface area contributed by atoms with Crippen molar-refractivity contribution in [1.29, 1.82) is 0 Å². The molecule has 4 N–H and O–H groups in total. The van der Waals surface area contributed by atoms with Crippen LogP contribution in [0, 0.1) is 0 Å². The zero-order valence-electron chi connectivity index (χ0n) is 25.7. The van der Waals surface area contributed by atoms with Gasteiger partial charge in [-0.05, 0) is 0 Å². The normalized spacial score (nSPS) is 14.9. The number of nitrogens with one attached hydrogen (secondary N) is 4. The Morgan fingerprint density at radius 1 is 0.933 bits per heavy atom. The van der Waals surface area contributed by atoms with Crippen LogP contribution in [-0.2, 0) is 32.3 Å². The second-order valence-corrected chi connectivity index (χ2v) is 17.8. The molecule has 0 fully saturated rings. The fourth-order valence-corrected chi connectivity index (χ4v) is 10.8. The van der Waals surface area contributed by atoms with Crippen LogP contribution in [0.15, 0.2) is 64.8 Å². The molecule has 1 aliphatic rings. The third kappa shape index (κ3) is 9.63. The van der Waals surface area contributed by atoms with E-state index < -0.39 is 20.4 Å². The Bertz CT molecular complexity index is 1850. The first-order valence-electron chi connectivity index (χ1n) is 14.5. The number of aromatic nitrogens is 1. The van der Waals surface area contributed by atoms with Crippen molar-refractivity contribution in [3.8, 4) is 0 Å². The predicted octanol–water partition coefficient (Wildman–Crippen LogP) is 2.27. The maximum absolute atomic E-state index is 12.3. The molecule has 2 heterocycles. The van der Waals surface area contributed by atoms with E-state index in [0.29, 0.717) is 30.0 Å². The Morgan fingerprint density at radius 3 is 2.18 bits per heavy atom. The standard InChI is InChI=1S/C30H39N6O5S2Se2/c1-5-7-17-31-42(38,39)33-23-11-13-25-27(19-23)44-29(35(25)3)15-9-22(21-37)10-16-30-36(4)26-14-12-24(20-28(26)45-30)34-43(40,41)32-18-8-6-2/h9-16,19-21,31-34H,5-8,17-18H2,1-4H3/q+1. The van der Waals surface area contributed by atoms with Gasteiger partial charge < -0.3 is 0 Å². The molecule has 45 heavy (non-hydrogen) atoms. The third-order valence-corrected chi connectivity index (χ3v) is 13.9. The number of nitrogens with zero attached hydrogens (tertiary/aromatic N) is 2. The first-order chi connectivity index (χ1) is 21.4. The summed E-state index contributed by atoms with van der Waals surface area (Å²) in [6.45, 7) is 4.79. The van der Waals surface area contributed by atoms with Crippen LogP contribution in [0.1, 0.15) is 44.1 Å². The van der Waals surface area contributed by atoms with Crippen LogP contribution in [-0.4, -0.2) is 72.7 Å². The van der Waals surface area contributed by atoms with Crippen molar-refractivity contribution in [3.05, 3.63) is 69.4 Å². The molecule has 242 valence electrons. The summed E-state index contributed by atoms with van der Waals surface area (Å²) >= 11 is -0.156. The number of carbonyl (C=O) groups is 1. The van der Waals surface area contributed by atoms with Gasteiger partial charge in [0.2, 0.25) is 0 Å². The SMILES string of the molecule is CCCCNS(=O)(=O)Nc1ccc2c(c1)[Se]C(=CC=C(C=O)C=Cc1[se]c3cc(NS(=O)(=O)NCCCC)ccc3[n+]1C)N2C. The van der Waals surface area contributed by atoms with E-state index in [2.05, 4.69) is 28.4 Å². The monoisotopic (exact) mass is 787 g/mol. The molecule has 11 nitrogen and oxygen atoms in total. The molecule has 0 radical (unpaired) electrons. The summed E-state index contributed by atoms with van der Waals surface area (Å²) < 4.78 is 65.9. The fourth-order valence-electron chi connectivity index (χ4n) is 4.38. The van der Waals surface area contributed by atoms with Crippen LogP contribution < -0.4 is 32.8 Å². The van der Waals surface area contributed by atoms with Gasteiger partial charge in [-0.3, -0.25) is 0 Å². The molecule has 0 bridgehead atoms. The molecule has 1 aliphatic heterocycles. The Morgan fingerprint density at radius 2 is 1.56 bits per heavy atom. The van der Waals surface area contributed by atoms with Crippen LogP contribution in [0.3, 0.4) is 0 Å². The average Bonchev–Trinajstić information content (AvgIpc) is 3.47. The number of hydrogen-bond donors (Lipinski definition) is 4. The number of allylic oxidation sites excluding steroid dienone is 4. The molecule has 2 aromatic carbocycles. The first kappa shape index (κ1) is 35.1. The van der Waals surface area contributed by atoms with Crippen molar-refractivity contribution in [2.45, 2.75) is 39.5 Å². The van der Waals surface area contributed by atoms with Gasteiger partial charge in [0.05, 0.1) is 0 Å². The molecule has 1 aromatic heterocycles. The van der Waals surface area contributed by atoms with E-state index >= 15 is 0 Å². The molecule has 0 spiro atoms. The number of benzene rings is 2. The van der Waals surface area contributed by atoms with Crippen LogP contribution in [0.25, 0.3) is 15.9 Å². The molecule has 0 amide bonds. The Kier molecular flexibility index (Phi) is 12.3. The number of unbranched alkanes of at least 4 members (excludes halogenated alkanes) is 2. The van der Waals surface area contributed by atoms with Gasteiger partial charge in [0, 0.05) is 0 Å². The van der Waals surface area contributed by atoms with Gasteiger partial charge in [0.1, 0.15) is 0 Å². The Hall–Kier alpha value is -2.74. The maximum atomic E-state index is 12.3. The molecule has 0 aliphatic carbocycles. The zero-order chi connectivity index (χ0) is 32.6. The quantitative estimate of drug-likeness (QED) is 0.0439. The summed E-state index contributed by atoms with van der Waals surface area (Å²) in [6, 6.07) is 11.0. The summed E-state index contributed by atoms with van der Waals surface area (Å²) in [4.78, 5) is 14.0. The molecule has 0 atom stereocenters. The van der Waals surface area contributed by atoms with Crippen molar-refractivity contribution in [2.75, 3.05) is 34.5 Å². The van der Waals surface area contributed by atoms with Crippen molar-refractivity contribution < 1.29 is 26.2 Å². The van der Waals surface area contributed by atoms with E-state index in [1.807, 2.05) is 64.4 Å². The summed E-state index contributed by atoms with van der Waals surface area (Å²) in [7, 11) is -3.36. The van der Waals surface area contributed by atoms with E-state index in [1.54, 1.807) is 24.3 Å². The van der Waals surface area contributed by atoms with E-state index in [0.717, 1.165) is 61.1 Å². The number of aryl methyl sites for hydroxylation is 1. The summed E-state index contributed by atoms with van der Waals surface area (Å²) in [6.07, 6.45) is 11.6. The number of aldehydes is 1. The van der Waals surface area contributed by atoms with Crippen molar-refractivity contribution in [1.82, 2.24) is 9.44 Å². The molecule has 0 saturated carbocycles. The molecule has 3 aromatic rings.